The lowest BCUT2D eigenvalue weighted by atomic mass is 10.1. The molecule has 1 unspecified atom stereocenters. The maximum Gasteiger partial charge on any atom is 0.160 e. The van der Waals surface area contributed by atoms with Crippen molar-refractivity contribution in [3.63, 3.8) is 0 Å². The largest absolute Gasteiger partial charge is 0.370 e. The second-order valence-corrected chi connectivity index (χ2v) is 6.75. The summed E-state index contributed by atoms with van der Waals surface area (Å²) in [5, 5.41) is 0.676. The summed E-state index contributed by atoms with van der Waals surface area (Å²) in [6.07, 6.45) is 0. The van der Waals surface area contributed by atoms with Crippen LogP contribution in [0, 0.1) is 0 Å². The van der Waals surface area contributed by atoms with Gasteiger partial charge in [0.2, 0.25) is 0 Å². The van der Waals surface area contributed by atoms with Gasteiger partial charge in [0.25, 0.3) is 0 Å². The minimum atomic E-state index is 0.103. The SMILES string of the molecule is CC(=O)c1ccc(N2CCSC(C)C2)cc1Br. The van der Waals surface area contributed by atoms with Gasteiger partial charge in [-0.1, -0.05) is 6.92 Å². The van der Waals surface area contributed by atoms with Crippen LogP contribution in [0.4, 0.5) is 5.69 Å². The van der Waals surface area contributed by atoms with Gasteiger partial charge in [0.05, 0.1) is 0 Å². The van der Waals surface area contributed by atoms with E-state index in [-0.39, 0.29) is 5.78 Å². The summed E-state index contributed by atoms with van der Waals surface area (Å²) >= 11 is 5.50. The monoisotopic (exact) mass is 313 g/mol. The molecule has 0 amide bonds. The third-order valence-electron chi connectivity index (χ3n) is 2.94. The van der Waals surface area contributed by atoms with E-state index in [0.29, 0.717) is 5.25 Å². The summed E-state index contributed by atoms with van der Waals surface area (Å²) in [5.74, 6) is 1.28. The quantitative estimate of drug-likeness (QED) is 0.778. The first-order valence-corrected chi connectivity index (χ1v) is 7.59. The van der Waals surface area contributed by atoms with Crippen LogP contribution in [0.15, 0.2) is 22.7 Å². The maximum absolute atomic E-state index is 11.4. The zero-order chi connectivity index (χ0) is 12.4. The Morgan fingerprint density at radius 2 is 2.29 bits per heavy atom. The van der Waals surface area contributed by atoms with Crippen molar-refractivity contribution in [3.8, 4) is 0 Å². The number of ketones is 1. The lowest BCUT2D eigenvalue weighted by Gasteiger charge is -2.32. The van der Waals surface area contributed by atoms with Crippen LogP contribution in [-0.2, 0) is 0 Å². The molecule has 1 saturated heterocycles. The van der Waals surface area contributed by atoms with Gasteiger partial charge < -0.3 is 4.90 Å². The third kappa shape index (κ3) is 3.05. The number of thioether (sulfide) groups is 1. The fourth-order valence-electron chi connectivity index (χ4n) is 2.04. The Morgan fingerprint density at radius 1 is 1.53 bits per heavy atom. The molecule has 1 aliphatic rings. The van der Waals surface area contributed by atoms with Crippen LogP contribution in [0.25, 0.3) is 0 Å². The van der Waals surface area contributed by atoms with Crippen LogP contribution in [0.3, 0.4) is 0 Å². The molecule has 1 aliphatic heterocycles. The average molecular weight is 314 g/mol. The molecular weight excluding hydrogens is 298 g/mol. The number of benzene rings is 1. The molecule has 1 fully saturated rings. The molecule has 0 bridgehead atoms. The first-order chi connectivity index (χ1) is 8.08. The van der Waals surface area contributed by atoms with E-state index >= 15 is 0 Å². The van der Waals surface area contributed by atoms with Crippen LogP contribution in [0.5, 0.6) is 0 Å². The van der Waals surface area contributed by atoms with Gasteiger partial charge in [0, 0.05) is 39.8 Å². The van der Waals surface area contributed by atoms with Crippen molar-refractivity contribution in [2.45, 2.75) is 19.1 Å². The third-order valence-corrected chi connectivity index (χ3v) is 4.73. The van der Waals surface area contributed by atoms with E-state index in [1.807, 2.05) is 23.9 Å². The summed E-state index contributed by atoms with van der Waals surface area (Å²) in [6, 6.07) is 6.01. The van der Waals surface area contributed by atoms with Crippen LogP contribution < -0.4 is 4.90 Å². The van der Waals surface area contributed by atoms with E-state index < -0.39 is 0 Å². The number of hydrogen-bond acceptors (Lipinski definition) is 3. The van der Waals surface area contributed by atoms with Crippen LogP contribution >= 0.6 is 27.7 Å². The molecule has 17 heavy (non-hydrogen) atoms. The van der Waals surface area contributed by atoms with E-state index in [2.05, 4.69) is 33.8 Å². The van der Waals surface area contributed by atoms with E-state index in [9.17, 15) is 4.79 Å². The minimum absolute atomic E-state index is 0.103. The van der Waals surface area contributed by atoms with E-state index in [0.717, 1.165) is 23.1 Å². The Balaban J connectivity index is 2.22. The van der Waals surface area contributed by atoms with Crippen LogP contribution in [-0.4, -0.2) is 29.9 Å². The average Bonchev–Trinajstić information content (AvgIpc) is 2.28. The summed E-state index contributed by atoms with van der Waals surface area (Å²) in [4.78, 5) is 13.7. The van der Waals surface area contributed by atoms with Crippen molar-refractivity contribution in [2.75, 3.05) is 23.7 Å². The Kier molecular flexibility index (Phi) is 4.15. The van der Waals surface area contributed by atoms with Gasteiger partial charge in [-0.2, -0.15) is 11.8 Å². The van der Waals surface area contributed by atoms with Gasteiger partial charge in [-0.15, -0.1) is 0 Å². The fraction of sp³-hybridized carbons (Fsp3) is 0.462. The number of hydrogen-bond donors (Lipinski definition) is 0. The highest BCUT2D eigenvalue weighted by Crippen LogP contribution is 2.28. The molecule has 2 rings (SSSR count). The van der Waals surface area contributed by atoms with E-state index in [1.165, 1.54) is 11.4 Å². The first kappa shape index (κ1) is 13.0. The zero-order valence-electron chi connectivity index (χ0n) is 10.1. The second kappa shape index (κ2) is 5.44. The topological polar surface area (TPSA) is 20.3 Å². The Hall–Kier alpha value is -0.480. The molecule has 0 radical (unpaired) electrons. The van der Waals surface area contributed by atoms with Gasteiger partial charge in [0.15, 0.2) is 5.78 Å². The predicted molar refractivity (Wildman–Crippen MR) is 78.3 cm³/mol. The van der Waals surface area contributed by atoms with Crippen molar-refractivity contribution in [1.82, 2.24) is 0 Å². The van der Waals surface area contributed by atoms with Crippen molar-refractivity contribution >= 4 is 39.2 Å². The van der Waals surface area contributed by atoms with Gasteiger partial charge in [-0.25, -0.2) is 0 Å². The Labute approximate surface area is 115 Å². The smallest absolute Gasteiger partial charge is 0.160 e. The Morgan fingerprint density at radius 3 is 2.88 bits per heavy atom. The van der Waals surface area contributed by atoms with Crippen LogP contribution in [0.1, 0.15) is 24.2 Å². The normalized spacial score (nSPS) is 20.4. The number of nitrogens with zero attached hydrogens (tertiary/aromatic N) is 1. The molecule has 4 heteroatoms. The molecule has 1 heterocycles. The molecule has 0 aliphatic carbocycles. The first-order valence-electron chi connectivity index (χ1n) is 5.75. The fourth-order valence-corrected chi connectivity index (χ4v) is 3.70. The van der Waals surface area contributed by atoms with Gasteiger partial charge in [-0.3, -0.25) is 4.79 Å². The summed E-state index contributed by atoms with van der Waals surface area (Å²) in [6.45, 7) is 6.02. The molecule has 0 saturated carbocycles. The number of Topliss-reactive ketones (excluding diaryl/α,β-unsaturated/α-hetero) is 1. The molecule has 0 aromatic heterocycles. The number of rotatable bonds is 2. The summed E-state index contributed by atoms with van der Waals surface area (Å²) in [5.41, 5.74) is 1.96. The molecule has 1 atom stereocenters. The van der Waals surface area contributed by atoms with Gasteiger partial charge >= 0.3 is 0 Å². The molecule has 1 aromatic rings. The highest BCUT2D eigenvalue weighted by atomic mass is 79.9. The van der Waals surface area contributed by atoms with Gasteiger partial charge in [0.1, 0.15) is 0 Å². The summed E-state index contributed by atoms with van der Waals surface area (Å²) < 4.78 is 0.897. The number of carbonyl (C=O) groups excluding carboxylic acids is 1. The summed E-state index contributed by atoms with van der Waals surface area (Å²) in [7, 11) is 0. The highest BCUT2D eigenvalue weighted by molar-refractivity contribution is 9.10. The van der Waals surface area contributed by atoms with Crippen molar-refractivity contribution < 1.29 is 4.79 Å². The van der Waals surface area contributed by atoms with Crippen molar-refractivity contribution in [3.05, 3.63) is 28.2 Å². The molecule has 0 N–H and O–H groups in total. The van der Waals surface area contributed by atoms with Crippen LogP contribution in [0.2, 0.25) is 0 Å². The van der Waals surface area contributed by atoms with Gasteiger partial charge in [-0.05, 0) is 41.1 Å². The lowest BCUT2D eigenvalue weighted by Crippen LogP contribution is -2.36. The lowest BCUT2D eigenvalue weighted by molar-refractivity contribution is 0.101. The number of halogens is 1. The standard InChI is InChI=1S/C13H16BrNOS/c1-9-8-15(5-6-17-9)11-3-4-12(10(2)16)13(14)7-11/h3-4,7,9H,5-6,8H2,1-2H3. The highest BCUT2D eigenvalue weighted by Gasteiger charge is 2.18. The Bertz CT molecular complexity index is 435. The second-order valence-electron chi connectivity index (χ2n) is 4.35. The number of carbonyl (C=O) groups is 1. The predicted octanol–water partition coefficient (Wildman–Crippen LogP) is 3.59. The maximum atomic E-state index is 11.4. The number of anilines is 1. The van der Waals surface area contributed by atoms with Crippen molar-refractivity contribution in [2.24, 2.45) is 0 Å². The zero-order valence-corrected chi connectivity index (χ0v) is 12.5. The van der Waals surface area contributed by atoms with E-state index in [4.69, 9.17) is 0 Å². The van der Waals surface area contributed by atoms with Crippen molar-refractivity contribution in [1.29, 1.82) is 0 Å². The minimum Gasteiger partial charge on any atom is -0.370 e. The molecule has 0 spiro atoms. The molecular formula is C13H16BrNOS. The van der Waals surface area contributed by atoms with E-state index in [1.54, 1.807) is 6.92 Å². The molecule has 2 nitrogen and oxygen atoms in total. The molecule has 1 aromatic carbocycles. The molecule has 92 valence electrons.